The molecule has 0 spiro atoms. The molecule has 0 aliphatic carbocycles. The first kappa shape index (κ1) is 15.3. The highest BCUT2D eigenvalue weighted by Gasteiger charge is 2.28. The lowest BCUT2D eigenvalue weighted by atomic mass is 10.3. The molecule has 0 bridgehead atoms. The van der Waals surface area contributed by atoms with E-state index in [0.29, 0.717) is 6.42 Å². The van der Waals surface area contributed by atoms with Crippen molar-refractivity contribution in [3.63, 3.8) is 0 Å². The van der Waals surface area contributed by atoms with E-state index < -0.39 is 21.8 Å². The average Bonchev–Trinajstić information content (AvgIpc) is 2.62. The molecule has 4 N–H and O–H groups in total. The van der Waals surface area contributed by atoms with Crippen molar-refractivity contribution in [2.45, 2.75) is 17.8 Å². The van der Waals surface area contributed by atoms with Crippen LogP contribution in [0.25, 0.3) is 0 Å². The topological polar surface area (TPSA) is 127 Å². The first-order valence-electron chi connectivity index (χ1n) is 5.36. The molecule has 0 aromatic rings. The lowest BCUT2D eigenvalue weighted by molar-refractivity contribution is -0.126. The van der Waals surface area contributed by atoms with Gasteiger partial charge in [0, 0.05) is 5.25 Å². The highest BCUT2D eigenvalue weighted by molar-refractivity contribution is 8.02. The normalized spacial score (nSPS) is 23.5. The molecule has 1 fully saturated rings. The van der Waals surface area contributed by atoms with Crippen molar-refractivity contribution < 1.29 is 23.1 Å². The average molecular weight is 296 g/mol. The molecule has 1 heterocycles. The van der Waals surface area contributed by atoms with Crippen molar-refractivity contribution in [2.75, 3.05) is 23.8 Å². The second kappa shape index (κ2) is 6.39. The number of hydrogen-bond donors (Lipinski definition) is 3. The van der Waals surface area contributed by atoms with Gasteiger partial charge in [0.1, 0.15) is 6.10 Å². The van der Waals surface area contributed by atoms with E-state index in [1.807, 2.05) is 0 Å². The molecular formula is C9H16N2O5S2. The van der Waals surface area contributed by atoms with Crippen LogP contribution in [0.15, 0.2) is 0 Å². The SMILES string of the molecule is NC(=O)C(O)CNC(=O)CSC1CCS(=O)(=O)C1. The minimum absolute atomic E-state index is 0.0539. The van der Waals surface area contributed by atoms with Gasteiger partial charge in [-0.25, -0.2) is 8.42 Å². The van der Waals surface area contributed by atoms with E-state index in [4.69, 9.17) is 10.8 Å². The van der Waals surface area contributed by atoms with Gasteiger partial charge in [0.15, 0.2) is 9.84 Å². The number of thioether (sulfide) groups is 1. The fraction of sp³-hybridized carbons (Fsp3) is 0.778. The molecule has 1 aliphatic heterocycles. The maximum absolute atomic E-state index is 11.3. The Bertz CT molecular complexity index is 423. The predicted molar refractivity (Wildman–Crippen MR) is 67.7 cm³/mol. The highest BCUT2D eigenvalue weighted by Crippen LogP contribution is 2.23. The fourth-order valence-corrected chi connectivity index (χ4v) is 4.92. The minimum atomic E-state index is -2.93. The van der Waals surface area contributed by atoms with E-state index in [1.54, 1.807) is 0 Å². The summed E-state index contributed by atoms with van der Waals surface area (Å²) in [5, 5.41) is 11.3. The summed E-state index contributed by atoms with van der Waals surface area (Å²) in [5.74, 6) is -0.873. The van der Waals surface area contributed by atoms with Crippen LogP contribution in [0.5, 0.6) is 0 Å². The monoisotopic (exact) mass is 296 g/mol. The Balaban J connectivity index is 2.20. The summed E-state index contributed by atoms with van der Waals surface area (Å²) in [4.78, 5) is 21.8. The van der Waals surface area contributed by atoms with Crippen molar-refractivity contribution in [3.05, 3.63) is 0 Å². The zero-order chi connectivity index (χ0) is 13.8. The Labute approximate surface area is 109 Å². The number of carbonyl (C=O) groups is 2. The Hall–Kier alpha value is -0.800. The largest absolute Gasteiger partial charge is 0.381 e. The molecular weight excluding hydrogens is 280 g/mol. The molecule has 1 saturated heterocycles. The van der Waals surface area contributed by atoms with Crippen LogP contribution in [0, 0.1) is 0 Å². The van der Waals surface area contributed by atoms with Crippen molar-refractivity contribution >= 4 is 33.4 Å². The number of hydrogen-bond acceptors (Lipinski definition) is 6. The van der Waals surface area contributed by atoms with Gasteiger partial charge in [-0.05, 0) is 6.42 Å². The van der Waals surface area contributed by atoms with Crippen molar-refractivity contribution in [1.82, 2.24) is 5.32 Å². The number of primary amides is 1. The molecule has 9 heteroatoms. The number of aliphatic hydroxyl groups excluding tert-OH is 1. The summed E-state index contributed by atoms with van der Waals surface area (Å²) in [5.41, 5.74) is 4.81. The molecule has 104 valence electrons. The summed E-state index contributed by atoms with van der Waals surface area (Å²) in [6, 6.07) is 0. The quantitative estimate of drug-likeness (QED) is 0.514. The lowest BCUT2D eigenvalue weighted by Gasteiger charge is -2.10. The van der Waals surface area contributed by atoms with Crippen LogP contribution in [0.4, 0.5) is 0 Å². The van der Waals surface area contributed by atoms with E-state index in [0.717, 1.165) is 0 Å². The third kappa shape index (κ3) is 5.23. The third-order valence-corrected chi connectivity index (χ3v) is 5.74. The maximum Gasteiger partial charge on any atom is 0.248 e. The number of aliphatic hydroxyl groups is 1. The molecule has 1 aliphatic rings. The van der Waals surface area contributed by atoms with Crippen LogP contribution in [0.3, 0.4) is 0 Å². The summed E-state index contributed by atoms with van der Waals surface area (Å²) in [6.07, 6.45) is -0.838. The lowest BCUT2D eigenvalue weighted by Crippen LogP contribution is -2.40. The van der Waals surface area contributed by atoms with Crippen LogP contribution in [-0.2, 0) is 19.4 Å². The zero-order valence-corrected chi connectivity index (χ0v) is 11.3. The Morgan fingerprint density at radius 1 is 1.50 bits per heavy atom. The molecule has 2 atom stereocenters. The third-order valence-electron chi connectivity index (χ3n) is 2.46. The van der Waals surface area contributed by atoms with E-state index in [-0.39, 0.29) is 35.0 Å². The van der Waals surface area contributed by atoms with E-state index in [1.165, 1.54) is 11.8 Å². The van der Waals surface area contributed by atoms with Gasteiger partial charge in [0.05, 0.1) is 23.8 Å². The number of sulfone groups is 1. The number of amides is 2. The second-order valence-corrected chi connectivity index (χ2v) is 7.58. The summed E-state index contributed by atoms with van der Waals surface area (Å²) in [7, 11) is -2.93. The molecule has 1 rings (SSSR count). The molecule has 0 saturated carbocycles. The van der Waals surface area contributed by atoms with E-state index in [2.05, 4.69) is 5.32 Å². The Morgan fingerprint density at radius 3 is 2.67 bits per heavy atom. The van der Waals surface area contributed by atoms with Crippen LogP contribution in [0.1, 0.15) is 6.42 Å². The minimum Gasteiger partial charge on any atom is -0.381 e. The second-order valence-electron chi connectivity index (χ2n) is 4.06. The van der Waals surface area contributed by atoms with Crippen LogP contribution in [-0.4, -0.2) is 60.5 Å². The van der Waals surface area contributed by atoms with Gasteiger partial charge in [0.25, 0.3) is 0 Å². The van der Waals surface area contributed by atoms with Crippen LogP contribution in [0.2, 0.25) is 0 Å². The summed E-state index contributed by atoms with van der Waals surface area (Å²) >= 11 is 1.27. The smallest absolute Gasteiger partial charge is 0.248 e. The number of nitrogens with two attached hydrogens (primary N) is 1. The summed E-state index contributed by atoms with van der Waals surface area (Å²) < 4.78 is 22.4. The highest BCUT2D eigenvalue weighted by atomic mass is 32.2. The predicted octanol–water partition coefficient (Wildman–Crippen LogP) is -2.13. The molecule has 0 aromatic heterocycles. The first-order chi connectivity index (χ1) is 8.30. The molecule has 18 heavy (non-hydrogen) atoms. The van der Waals surface area contributed by atoms with Gasteiger partial charge in [-0.1, -0.05) is 0 Å². The van der Waals surface area contributed by atoms with Gasteiger partial charge in [0.2, 0.25) is 11.8 Å². The summed E-state index contributed by atoms with van der Waals surface area (Å²) in [6.45, 7) is -0.225. The molecule has 7 nitrogen and oxygen atoms in total. The number of nitrogens with one attached hydrogen (secondary N) is 1. The first-order valence-corrected chi connectivity index (χ1v) is 8.23. The Morgan fingerprint density at radius 2 is 2.17 bits per heavy atom. The van der Waals surface area contributed by atoms with E-state index >= 15 is 0 Å². The zero-order valence-electron chi connectivity index (χ0n) is 9.66. The van der Waals surface area contributed by atoms with Gasteiger partial charge < -0.3 is 16.2 Å². The maximum atomic E-state index is 11.3. The number of rotatable bonds is 6. The van der Waals surface area contributed by atoms with Gasteiger partial charge >= 0.3 is 0 Å². The Kier molecular flexibility index (Phi) is 5.42. The van der Waals surface area contributed by atoms with Crippen molar-refractivity contribution in [3.8, 4) is 0 Å². The van der Waals surface area contributed by atoms with Crippen LogP contribution >= 0.6 is 11.8 Å². The number of carbonyl (C=O) groups excluding carboxylic acids is 2. The van der Waals surface area contributed by atoms with Gasteiger partial charge in [-0.15, -0.1) is 11.8 Å². The van der Waals surface area contributed by atoms with Gasteiger partial charge in [-0.3, -0.25) is 9.59 Å². The standard InChI is InChI=1S/C9H16N2O5S2/c10-9(14)7(12)3-11-8(13)4-17-6-1-2-18(15,16)5-6/h6-7,12H,1-5H2,(H2,10,14)(H,11,13). The van der Waals surface area contributed by atoms with E-state index in [9.17, 15) is 18.0 Å². The molecule has 2 amide bonds. The molecule has 0 aromatic carbocycles. The molecule has 2 unspecified atom stereocenters. The fourth-order valence-electron chi connectivity index (χ4n) is 1.45. The van der Waals surface area contributed by atoms with Crippen molar-refractivity contribution in [1.29, 1.82) is 0 Å². The van der Waals surface area contributed by atoms with Gasteiger partial charge in [-0.2, -0.15) is 0 Å². The van der Waals surface area contributed by atoms with Crippen LogP contribution < -0.4 is 11.1 Å². The molecule has 0 radical (unpaired) electrons. The van der Waals surface area contributed by atoms with Crippen molar-refractivity contribution in [2.24, 2.45) is 5.73 Å².